The van der Waals surface area contributed by atoms with Gasteiger partial charge in [-0.05, 0) is 31.5 Å². The number of nitrogens with one attached hydrogen (secondary N) is 1. The summed E-state index contributed by atoms with van der Waals surface area (Å²) in [5.74, 6) is -0.385. The van der Waals surface area contributed by atoms with Crippen molar-refractivity contribution < 1.29 is 13.2 Å². The standard InChI is InChI=1S/C12H13N3O3S2/c1-7-3-4-9(20(13,17)18)5-10(7)15-12(16)11-6-19-8(2)14-11/h3-6H,1-2H3,(H,15,16)(H2,13,17,18). The third-order valence-electron chi connectivity index (χ3n) is 2.64. The molecule has 1 aromatic heterocycles. The van der Waals surface area contributed by atoms with Crippen LogP contribution in [0.2, 0.25) is 0 Å². The number of aryl methyl sites for hydroxylation is 2. The van der Waals surface area contributed by atoms with Crippen LogP contribution < -0.4 is 10.5 Å². The zero-order valence-electron chi connectivity index (χ0n) is 10.9. The molecule has 0 aliphatic carbocycles. The van der Waals surface area contributed by atoms with Crippen LogP contribution in [-0.2, 0) is 10.0 Å². The topological polar surface area (TPSA) is 102 Å². The van der Waals surface area contributed by atoms with Gasteiger partial charge in [-0.2, -0.15) is 0 Å². The molecule has 6 nitrogen and oxygen atoms in total. The molecule has 1 heterocycles. The molecule has 1 amide bonds. The number of primary sulfonamides is 1. The number of anilines is 1. The SMILES string of the molecule is Cc1nc(C(=O)Nc2cc(S(N)(=O)=O)ccc2C)cs1. The zero-order chi connectivity index (χ0) is 14.9. The smallest absolute Gasteiger partial charge is 0.275 e. The summed E-state index contributed by atoms with van der Waals surface area (Å²) >= 11 is 1.37. The number of carbonyl (C=O) groups is 1. The molecule has 0 spiro atoms. The van der Waals surface area contributed by atoms with Crippen LogP contribution in [0.15, 0.2) is 28.5 Å². The van der Waals surface area contributed by atoms with Crippen molar-refractivity contribution in [1.82, 2.24) is 4.98 Å². The Labute approximate surface area is 120 Å². The fraction of sp³-hybridized carbons (Fsp3) is 0.167. The number of aromatic nitrogens is 1. The molecule has 0 saturated heterocycles. The highest BCUT2D eigenvalue weighted by Gasteiger charge is 2.14. The lowest BCUT2D eigenvalue weighted by Crippen LogP contribution is -2.16. The summed E-state index contributed by atoms with van der Waals surface area (Å²) in [7, 11) is -3.80. The molecular weight excluding hydrogens is 298 g/mol. The molecule has 2 aromatic rings. The minimum atomic E-state index is -3.80. The predicted molar refractivity (Wildman–Crippen MR) is 77.4 cm³/mol. The van der Waals surface area contributed by atoms with Gasteiger partial charge in [0.15, 0.2) is 0 Å². The number of hydrogen-bond acceptors (Lipinski definition) is 5. The molecule has 1 aromatic carbocycles. The zero-order valence-corrected chi connectivity index (χ0v) is 12.5. The van der Waals surface area contributed by atoms with E-state index in [0.717, 1.165) is 10.6 Å². The van der Waals surface area contributed by atoms with Crippen LogP contribution in [0.1, 0.15) is 21.1 Å². The minimum absolute atomic E-state index is 0.0483. The number of nitrogens with zero attached hydrogens (tertiary/aromatic N) is 1. The van der Waals surface area contributed by atoms with Gasteiger partial charge in [0, 0.05) is 11.1 Å². The highest BCUT2D eigenvalue weighted by atomic mass is 32.2. The minimum Gasteiger partial charge on any atom is -0.320 e. The first kappa shape index (κ1) is 14.6. The lowest BCUT2D eigenvalue weighted by Gasteiger charge is -2.08. The molecule has 8 heteroatoms. The summed E-state index contributed by atoms with van der Waals surface area (Å²) in [4.78, 5) is 16.0. The van der Waals surface area contributed by atoms with Gasteiger partial charge in [0.1, 0.15) is 5.69 Å². The van der Waals surface area contributed by atoms with E-state index in [9.17, 15) is 13.2 Å². The van der Waals surface area contributed by atoms with Crippen molar-refractivity contribution in [3.8, 4) is 0 Å². The van der Waals surface area contributed by atoms with E-state index < -0.39 is 10.0 Å². The molecule has 0 aliphatic heterocycles. The Morgan fingerprint density at radius 1 is 1.35 bits per heavy atom. The van der Waals surface area contributed by atoms with Crippen LogP contribution in [0.4, 0.5) is 5.69 Å². The fourth-order valence-corrected chi connectivity index (χ4v) is 2.70. The lowest BCUT2D eigenvalue weighted by molar-refractivity contribution is 0.102. The van der Waals surface area contributed by atoms with Gasteiger partial charge < -0.3 is 5.32 Å². The first-order valence-electron chi connectivity index (χ1n) is 5.64. The molecule has 0 saturated carbocycles. The van der Waals surface area contributed by atoms with E-state index in [1.54, 1.807) is 25.3 Å². The van der Waals surface area contributed by atoms with E-state index in [0.29, 0.717) is 11.4 Å². The summed E-state index contributed by atoms with van der Waals surface area (Å²) in [6.45, 7) is 3.56. The van der Waals surface area contributed by atoms with Crippen molar-refractivity contribution in [1.29, 1.82) is 0 Å². The van der Waals surface area contributed by atoms with Crippen molar-refractivity contribution in [2.45, 2.75) is 18.7 Å². The van der Waals surface area contributed by atoms with Gasteiger partial charge in [-0.3, -0.25) is 4.79 Å². The first-order valence-corrected chi connectivity index (χ1v) is 8.07. The highest BCUT2D eigenvalue weighted by Crippen LogP contribution is 2.20. The normalized spacial score (nSPS) is 11.3. The maximum atomic E-state index is 12.0. The lowest BCUT2D eigenvalue weighted by atomic mass is 10.2. The Bertz CT molecular complexity index is 766. The monoisotopic (exact) mass is 311 g/mol. The second kappa shape index (κ2) is 5.31. The number of carbonyl (C=O) groups excluding carboxylic acids is 1. The van der Waals surface area contributed by atoms with E-state index in [1.807, 2.05) is 0 Å². The first-order chi connectivity index (χ1) is 9.27. The van der Waals surface area contributed by atoms with Gasteiger partial charge >= 0.3 is 0 Å². The van der Waals surface area contributed by atoms with Crippen molar-refractivity contribution >= 4 is 33.0 Å². The molecule has 2 rings (SSSR count). The van der Waals surface area contributed by atoms with Crippen LogP contribution in [0.5, 0.6) is 0 Å². The van der Waals surface area contributed by atoms with Gasteiger partial charge in [-0.15, -0.1) is 11.3 Å². The number of nitrogens with two attached hydrogens (primary N) is 1. The molecule has 0 atom stereocenters. The van der Waals surface area contributed by atoms with Crippen LogP contribution in [0.25, 0.3) is 0 Å². The Morgan fingerprint density at radius 3 is 2.60 bits per heavy atom. The van der Waals surface area contributed by atoms with Gasteiger partial charge in [0.25, 0.3) is 5.91 Å². The average molecular weight is 311 g/mol. The molecule has 0 unspecified atom stereocenters. The van der Waals surface area contributed by atoms with Crippen LogP contribution in [-0.4, -0.2) is 19.3 Å². The van der Waals surface area contributed by atoms with E-state index in [2.05, 4.69) is 10.3 Å². The Kier molecular flexibility index (Phi) is 3.89. The number of sulfonamides is 1. The maximum absolute atomic E-state index is 12.0. The van der Waals surface area contributed by atoms with Crippen molar-refractivity contribution in [2.24, 2.45) is 5.14 Å². The van der Waals surface area contributed by atoms with Crippen LogP contribution in [0.3, 0.4) is 0 Å². The largest absolute Gasteiger partial charge is 0.320 e. The number of rotatable bonds is 3. The summed E-state index contributed by atoms with van der Waals surface area (Å²) < 4.78 is 22.6. The molecule has 3 N–H and O–H groups in total. The van der Waals surface area contributed by atoms with E-state index in [-0.39, 0.29) is 10.8 Å². The quantitative estimate of drug-likeness (QED) is 0.899. The maximum Gasteiger partial charge on any atom is 0.275 e. The second-order valence-corrected chi connectivity index (χ2v) is 6.85. The molecule has 106 valence electrons. The Balaban J connectivity index is 2.31. The van der Waals surface area contributed by atoms with Crippen LogP contribution >= 0.6 is 11.3 Å². The van der Waals surface area contributed by atoms with E-state index in [1.165, 1.54) is 23.5 Å². The highest BCUT2D eigenvalue weighted by molar-refractivity contribution is 7.89. The van der Waals surface area contributed by atoms with Crippen LogP contribution in [0, 0.1) is 13.8 Å². The van der Waals surface area contributed by atoms with Crippen molar-refractivity contribution in [2.75, 3.05) is 5.32 Å². The Hall–Kier alpha value is -1.77. The third-order valence-corrected chi connectivity index (χ3v) is 4.32. The number of thiazole rings is 1. The summed E-state index contributed by atoms with van der Waals surface area (Å²) in [5, 5.41) is 10.1. The van der Waals surface area contributed by atoms with Gasteiger partial charge in [-0.1, -0.05) is 6.07 Å². The molecule has 0 radical (unpaired) electrons. The number of amides is 1. The van der Waals surface area contributed by atoms with E-state index in [4.69, 9.17) is 5.14 Å². The van der Waals surface area contributed by atoms with Crippen molar-refractivity contribution in [3.63, 3.8) is 0 Å². The molecular formula is C12H13N3O3S2. The van der Waals surface area contributed by atoms with Gasteiger partial charge in [0.05, 0.1) is 9.90 Å². The molecule has 20 heavy (non-hydrogen) atoms. The molecule has 0 bridgehead atoms. The van der Waals surface area contributed by atoms with Crippen molar-refractivity contribution in [3.05, 3.63) is 39.8 Å². The molecule has 0 aliphatic rings. The summed E-state index contributed by atoms with van der Waals surface area (Å²) in [5.41, 5.74) is 1.43. The number of benzene rings is 1. The third kappa shape index (κ3) is 3.21. The van der Waals surface area contributed by atoms with Gasteiger partial charge in [0.2, 0.25) is 10.0 Å². The Morgan fingerprint density at radius 2 is 2.05 bits per heavy atom. The fourth-order valence-electron chi connectivity index (χ4n) is 1.57. The van der Waals surface area contributed by atoms with E-state index >= 15 is 0 Å². The summed E-state index contributed by atoms with van der Waals surface area (Å²) in [6.07, 6.45) is 0. The average Bonchev–Trinajstić information content (AvgIpc) is 2.77. The number of hydrogen-bond donors (Lipinski definition) is 2. The predicted octanol–water partition coefficient (Wildman–Crippen LogP) is 1.66. The molecule has 0 fully saturated rings. The summed E-state index contributed by atoms with van der Waals surface area (Å²) in [6, 6.07) is 4.32. The van der Waals surface area contributed by atoms with Gasteiger partial charge in [-0.25, -0.2) is 18.5 Å². The second-order valence-electron chi connectivity index (χ2n) is 4.23.